The van der Waals surface area contributed by atoms with E-state index in [1.807, 2.05) is 0 Å². The van der Waals surface area contributed by atoms with Crippen LogP contribution in [0.3, 0.4) is 0 Å². The van der Waals surface area contributed by atoms with Crippen molar-refractivity contribution in [1.82, 2.24) is 5.32 Å². The minimum atomic E-state index is 0.175. The Morgan fingerprint density at radius 1 is 1.16 bits per heavy atom. The van der Waals surface area contributed by atoms with Crippen LogP contribution in [0, 0.1) is 20.8 Å². The zero-order chi connectivity index (χ0) is 14.2. The van der Waals surface area contributed by atoms with E-state index in [0.717, 1.165) is 13.1 Å². The number of aryl methyl sites for hydroxylation is 3. The molecule has 106 valence electrons. The number of rotatable bonds is 1. The van der Waals surface area contributed by atoms with E-state index < -0.39 is 0 Å². The molecule has 2 rings (SSSR count). The van der Waals surface area contributed by atoms with Crippen LogP contribution in [0.4, 0.5) is 5.69 Å². The third kappa shape index (κ3) is 3.11. The van der Waals surface area contributed by atoms with Crippen LogP contribution in [0.5, 0.6) is 0 Å². The van der Waals surface area contributed by atoms with Gasteiger partial charge in [0, 0.05) is 23.8 Å². The van der Waals surface area contributed by atoms with Crippen LogP contribution in [-0.4, -0.2) is 24.7 Å². The molecule has 0 saturated carbocycles. The third-order valence-electron chi connectivity index (χ3n) is 4.19. The second-order valence-corrected chi connectivity index (χ2v) is 6.82. The van der Waals surface area contributed by atoms with Crippen LogP contribution in [0.25, 0.3) is 0 Å². The van der Waals surface area contributed by atoms with Gasteiger partial charge in [-0.15, -0.1) is 0 Å². The zero-order valence-corrected chi connectivity index (χ0v) is 13.3. The molecule has 1 aliphatic rings. The standard InChI is InChI=1S/C17H28N2/c1-12-9-13(2)16(14(3)10-12)19-11-17(5,6)18-8-7-15(19)4/h9-10,15,18H,7-8,11H2,1-6H3. The second-order valence-electron chi connectivity index (χ2n) is 6.82. The zero-order valence-electron chi connectivity index (χ0n) is 13.3. The normalized spacial score (nSPS) is 23.3. The van der Waals surface area contributed by atoms with Crippen molar-refractivity contribution in [3.63, 3.8) is 0 Å². The number of hydrogen-bond acceptors (Lipinski definition) is 2. The van der Waals surface area contributed by atoms with Gasteiger partial charge in [-0.1, -0.05) is 17.7 Å². The van der Waals surface area contributed by atoms with Crippen molar-refractivity contribution >= 4 is 5.69 Å². The van der Waals surface area contributed by atoms with Crippen LogP contribution in [0.15, 0.2) is 12.1 Å². The highest BCUT2D eigenvalue weighted by Gasteiger charge is 2.29. The lowest BCUT2D eigenvalue weighted by atomic mass is 9.99. The molecule has 0 aliphatic carbocycles. The van der Waals surface area contributed by atoms with E-state index in [0.29, 0.717) is 6.04 Å². The highest BCUT2D eigenvalue weighted by Crippen LogP contribution is 2.31. The summed E-state index contributed by atoms with van der Waals surface area (Å²) in [5, 5.41) is 3.66. The molecule has 1 saturated heterocycles. The van der Waals surface area contributed by atoms with Gasteiger partial charge in [-0.25, -0.2) is 0 Å². The molecule has 0 aromatic heterocycles. The Morgan fingerprint density at radius 2 is 1.74 bits per heavy atom. The number of hydrogen-bond donors (Lipinski definition) is 1. The van der Waals surface area contributed by atoms with Crippen LogP contribution < -0.4 is 10.2 Å². The fourth-order valence-corrected chi connectivity index (χ4v) is 3.34. The summed E-state index contributed by atoms with van der Waals surface area (Å²) < 4.78 is 0. The second kappa shape index (κ2) is 5.16. The molecule has 0 amide bonds. The Hall–Kier alpha value is -1.02. The van der Waals surface area contributed by atoms with Gasteiger partial charge in [0.15, 0.2) is 0 Å². The predicted molar refractivity (Wildman–Crippen MR) is 84.2 cm³/mol. The molecule has 0 bridgehead atoms. The van der Waals surface area contributed by atoms with E-state index in [9.17, 15) is 0 Å². The Kier molecular flexibility index (Phi) is 3.91. The third-order valence-corrected chi connectivity index (χ3v) is 4.19. The van der Waals surface area contributed by atoms with Gasteiger partial charge in [0.2, 0.25) is 0 Å². The smallest absolute Gasteiger partial charge is 0.0428 e. The summed E-state index contributed by atoms with van der Waals surface area (Å²) in [7, 11) is 0. The first kappa shape index (κ1) is 14.4. The van der Waals surface area contributed by atoms with Crippen molar-refractivity contribution in [2.24, 2.45) is 0 Å². The number of nitrogens with zero attached hydrogens (tertiary/aromatic N) is 1. The average molecular weight is 260 g/mol. The summed E-state index contributed by atoms with van der Waals surface area (Å²) in [5.41, 5.74) is 5.78. The van der Waals surface area contributed by atoms with Crippen LogP contribution in [0.2, 0.25) is 0 Å². The monoisotopic (exact) mass is 260 g/mol. The molecule has 2 heteroatoms. The lowest BCUT2D eigenvalue weighted by molar-refractivity contribution is 0.415. The topological polar surface area (TPSA) is 15.3 Å². The highest BCUT2D eigenvalue weighted by atomic mass is 15.2. The number of anilines is 1. The predicted octanol–water partition coefficient (Wildman–Crippen LogP) is 3.58. The summed E-state index contributed by atoms with van der Waals surface area (Å²) in [4.78, 5) is 2.60. The first-order valence-electron chi connectivity index (χ1n) is 7.40. The van der Waals surface area contributed by atoms with Crippen LogP contribution in [-0.2, 0) is 0 Å². The molecule has 1 heterocycles. The van der Waals surface area contributed by atoms with Crippen LogP contribution >= 0.6 is 0 Å². The van der Waals surface area contributed by atoms with Gasteiger partial charge in [0.1, 0.15) is 0 Å². The van der Waals surface area contributed by atoms with Gasteiger partial charge in [-0.05, 0) is 65.6 Å². The minimum absolute atomic E-state index is 0.175. The summed E-state index contributed by atoms with van der Waals surface area (Å²) >= 11 is 0. The molecule has 1 unspecified atom stereocenters. The van der Waals surface area contributed by atoms with E-state index >= 15 is 0 Å². The van der Waals surface area contributed by atoms with E-state index in [1.54, 1.807) is 0 Å². The molecule has 0 radical (unpaired) electrons. The van der Waals surface area contributed by atoms with E-state index in [1.165, 1.54) is 28.8 Å². The molecule has 1 N–H and O–H groups in total. The van der Waals surface area contributed by atoms with Crippen molar-refractivity contribution in [2.75, 3.05) is 18.0 Å². The first-order chi connectivity index (χ1) is 8.80. The van der Waals surface area contributed by atoms with Gasteiger partial charge in [0.25, 0.3) is 0 Å². The molecular weight excluding hydrogens is 232 g/mol. The maximum absolute atomic E-state index is 3.66. The van der Waals surface area contributed by atoms with Crippen molar-refractivity contribution in [3.8, 4) is 0 Å². The fourth-order valence-electron chi connectivity index (χ4n) is 3.34. The lowest BCUT2D eigenvalue weighted by Gasteiger charge is -2.37. The highest BCUT2D eigenvalue weighted by molar-refractivity contribution is 5.61. The molecule has 1 fully saturated rings. The maximum atomic E-state index is 3.66. The molecule has 1 aliphatic heterocycles. The lowest BCUT2D eigenvalue weighted by Crippen LogP contribution is -2.48. The minimum Gasteiger partial charge on any atom is -0.367 e. The van der Waals surface area contributed by atoms with Crippen LogP contribution in [0.1, 0.15) is 43.9 Å². The molecule has 0 spiro atoms. The molecule has 2 nitrogen and oxygen atoms in total. The SMILES string of the molecule is Cc1cc(C)c(N2CC(C)(C)NCCC2C)c(C)c1. The fraction of sp³-hybridized carbons (Fsp3) is 0.647. The van der Waals surface area contributed by atoms with Gasteiger partial charge in [-0.3, -0.25) is 0 Å². The first-order valence-corrected chi connectivity index (χ1v) is 7.40. The van der Waals surface area contributed by atoms with E-state index in [2.05, 4.69) is 63.9 Å². The average Bonchev–Trinajstić information content (AvgIpc) is 2.37. The Labute approximate surface area is 118 Å². The molecule has 19 heavy (non-hydrogen) atoms. The van der Waals surface area contributed by atoms with Crippen molar-refractivity contribution in [1.29, 1.82) is 0 Å². The Balaban J connectivity index is 2.43. The van der Waals surface area contributed by atoms with E-state index in [-0.39, 0.29) is 5.54 Å². The van der Waals surface area contributed by atoms with Gasteiger partial charge < -0.3 is 10.2 Å². The summed E-state index contributed by atoms with van der Waals surface area (Å²) in [6, 6.07) is 5.20. The van der Waals surface area contributed by atoms with Crippen molar-refractivity contribution in [2.45, 2.75) is 59.5 Å². The van der Waals surface area contributed by atoms with Gasteiger partial charge in [0.05, 0.1) is 0 Å². The number of benzene rings is 1. The summed E-state index contributed by atoms with van der Waals surface area (Å²) in [6.07, 6.45) is 1.20. The Bertz CT molecular complexity index is 439. The van der Waals surface area contributed by atoms with Crippen molar-refractivity contribution < 1.29 is 0 Å². The molecule has 1 atom stereocenters. The molecular formula is C17H28N2. The van der Waals surface area contributed by atoms with Crippen molar-refractivity contribution in [3.05, 3.63) is 28.8 Å². The number of nitrogens with one attached hydrogen (secondary N) is 1. The molecule has 1 aromatic rings. The molecule has 1 aromatic carbocycles. The maximum Gasteiger partial charge on any atom is 0.0428 e. The van der Waals surface area contributed by atoms with Gasteiger partial charge in [-0.2, -0.15) is 0 Å². The van der Waals surface area contributed by atoms with Gasteiger partial charge >= 0.3 is 0 Å². The Morgan fingerprint density at radius 3 is 2.32 bits per heavy atom. The quantitative estimate of drug-likeness (QED) is 0.830. The summed E-state index contributed by atoms with van der Waals surface area (Å²) in [5.74, 6) is 0. The largest absolute Gasteiger partial charge is 0.367 e. The summed E-state index contributed by atoms with van der Waals surface area (Å²) in [6.45, 7) is 15.8. The van der Waals surface area contributed by atoms with E-state index in [4.69, 9.17) is 0 Å².